The van der Waals surface area contributed by atoms with E-state index < -0.39 is 15.1 Å². The van der Waals surface area contributed by atoms with E-state index in [1.54, 1.807) is 11.4 Å². The predicted molar refractivity (Wildman–Crippen MR) is 57.7 cm³/mol. The van der Waals surface area contributed by atoms with Crippen LogP contribution in [0.5, 0.6) is 0 Å². The SMILES string of the molecule is Cc1cc(C(=O)C(C)S(C)(=O)=O)cs1. The second-order valence-corrected chi connectivity index (χ2v) is 6.76. The van der Waals surface area contributed by atoms with Crippen molar-refractivity contribution >= 4 is 27.0 Å². The number of sulfone groups is 1. The molecule has 0 spiro atoms. The highest BCUT2D eigenvalue weighted by atomic mass is 32.2. The van der Waals surface area contributed by atoms with E-state index in [0.717, 1.165) is 11.1 Å². The standard InChI is InChI=1S/C9H12O3S2/c1-6-4-8(5-13-6)9(10)7(2)14(3,11)12/h4-5,7H,1-3H3. The van der Waals surface area contributed by atoms with Gasteiger partial charge in [-0.05, 0) is 19.9 Å². The molecule has 1 heterocycles. The van der Waals surface area contributed by atoms with Gasteiger partial charge < -0.3 is 0 Å². The van der Waals surface area contributed by atoms with E-state index in [0.29, 0.717) is 5.56 Å². The third kappa shape index (κ3) is 2.42. The number of hydrogen-bond donors (Lipinski definition) is 0. The first-order valence-electron chi connectivity index (χ1n) is 4.10. The highest BCUT2D eigenvalue weighted by Gasteiger charge is 2.25. The van der Waals surface area contributed by atoms with Crippen LogP contribution >= 0.6 is 11.3 Å². The van der Waals surface area contributed by atoms with Crippen LogP contribution in [0, 0.1) is 6.92 Å². The first kappa shape index (κ1) is 11.4. The molecule has 1 aromatic rings. The summed E-state index contributed by atoms with van der Waals surface area (Å²) < 4.78 is 22.3. The van der Waals surface area contributed by atoms with Gasteiger partial charge >= 0.3 is 0 Å². The van der Waals surface area contributed by atoms with Gasteiger partial charge in [0.2, 0.25) is 0 Å². The molecule has 1 atom stereocenters. The van der Waals surface area contributed by atoms with Gasteiger partial charge in [-0.3, -0.25) is 4.79 Å². The van der Waals surface area contributed by atoms with Gasteiger partial charge in [-0.25, -0.2) is 8.42 Å². The van der Waals surface area contributed by atoms with E-state index in [-0.39, 0.29) is 5.78 Å². The number of carbonyl (C=O) groups excluding carboxylic acids is 1. The molecule has 1 unspecified atom stereocenters. The quantitative estimate of drug-likeness (QED) is 0.745. The molecule has 1 rings (SSSR count). The van der Waals surface area contributed by atoms with Gasteiger partial charge in [-0.15, -0.1) is 11.3 Å². The number of carbonyl (C=O) groups is 1. The molecule has 0 aromatic carbocycles. The van der Waals surface area contributed by atoms with Crippen LogP contribution in [-0.2, 0) is 9.84 Å². The van der Waals surface area contributed by atoms with Crippen molar-refractivity contribution in [2.45, 2.75) is 19.1 Å². The molecule has 0 radical (unpaired) electrons. The molecule has 3 nitrogen and oxygen atoms in total. The van der Waals surface area contributed by atoms with Crippen molar-refractivity contribution in [3.63, 3.8) is 0 Å². The second-order valence-electron chi connectivity index (χ2n) is 3.28. The molecule has 78 valence electrons. The molecule has 0 saturated carbocycles. The fourth-order valence-electron chi connectivity index (χ4n) is 1.00. The Bertz CT molecular complexity index is 442. The number of ketones is 1. The van der Waals surface area contributed by atoms with Gasteiger partial charge in [0.05, 0.1) is 0 Å². The number of hydrogen-bond acceptors (Lipinski definition) is 4. The molecule has 0 aliphatic heterocycles. The topological polar surface area (TPSA) is 51.2 Å². The smallest absolute Gasteiger partial charge is 0.181 e. The molecule has 0 amide bonds. The average Bonchev–Trinajstić information content (AvgIpc) is 2.47. The van der Waals surface area contributed by atoms with Crippen LogP contribution < -0.4 is 0 Å². The van der Waals surface area contributed by atoms with Crippen LogP contribution in [0.4, 0.5) is 0 Å². The highest BCUT2D eigenvalue weighted by Crippen LogP contribution is 2.16. The molecular weight excluding hydrogens is 220 g/mol. The number of rotatable bonds is 3. The van der Waals surface area contributed by atoms with Crippen LogP contribution in [0.1, 0.15) is 22.2 Å². The molecule has 14 heavy (non-hydrogen) atoms. The predicted octanol–water partition coefficient (Wildman–Crippen LogP) is 1.67. The molecule has 5 heteroatoms. The van der Waals surface area contributed by atoms with E-state index in [9.17, 15) is 13.2 Å². The van der Waals surface area contributed by atoms with Gasteiger partial charge in [0, 0.05) is 22.1 Å². The minimum Gasteiger partial charge on any atom is -0.293 e. The largest absolute Gasteiger partial charge is 0.293 e. The van der Waals surface area contributed by atoms with Crippen LogP contribution in [0.25, 0.3) is 0 Å². The molecule has 0 bridgehead atoms. The Hall–Kier alpha value is -0.680. The van der Waals surface area contributed by atoms with Gasteiger partial charge in [0.1, 0.15) is 5.25 Å². The average molecular weight is 232 g/mol. The first-order chi connectivity index (χ1) is 6.32. The monoisotopic (exact) mass is 232 g/mol. The van der Waals surface area contributed by atoms with E-state index in [1.807, 2.05) is 6.92 Å². The zero-order valence-corrected chi connectivity index (χ0v) is 9.91. The maximum Gasteiger partial charge on any atom is 0.181 e. The Morgan fingerprint density at radius 3 is 2.43 bits per heavy atom. The van der Waals surface area contributed by atoms with Crippen molar-refractivity contribution in [2.75, 3.05) is 6.26 Å². The lowest BCUT2D eigenvalue weighted by molar-refractivity contribution is 0.0992. The Balaban J connectivity index is 2.98. The zero-order chi connectivity index (χ0) is 10.9. The number of Topliss-reactive ketones (excluding diaryl/α,β-unsaturated/α-hetero) is 1. The lowest BCUT2D eigenvalue weighted by atomic mass is 10.2. The van der Waals surface area contributed by atoms with Crippen LogP contribution in [0.3, 0.4) is 0 Å². The summed E-state index contributed by atoms with van der Waals surface area (Å²) in [5, 5.41) is 0.746. The van der Waals surface area contributed by atoms with E-state index >= 15 is 0 Å². The third-order valence-corrected chi connectivity index (χ3v) is 4.39. The molecule has 0 aliphatic rings. The molecule has 0 N–H and O–H groups in total. The van der Waals surface area contributed by atoms with Crippen LogP contribution in [0.2, 0.25) is 0 Å². The third-order valence-electron chi connectivity index (χ3n) is 2.03. The lowest BCUT2D eigenvalue weighted by Crippen LogP contribution is -2.25. The molecular formula is C9H12O3S2. The summed E-state index contributed by atoms with van der Waals surface area (Å²) in [6.07, 6.45) is 1.08. The van der Waals surface area contributed by atoms with Gasteiger partial charge in [0.15, 0.2) is 15.6 Å². The molecule has 1 aromatic heterocycles. The number of aryl methyl sites for hydroxylation is 1. The van der Waals surface area contributed by atoms with Gasteiger partial charge in [0.25, 0.3) is 0 Å². The maximum absolute atomic E-state index is 11.6. The van der Waals surface area contributed by atoms with E-state index in [2.05, 4.69) is 0 Å². The summed E-state index contributed by atoms with van der Waals surface area (Å²) in [4.78, 5) is 12.6. The van der Waals surface area contributed by atoms with Crippen molar-refractivity contribution in [3.8, 4) is 0 Å². The summed E-state index contributed by atoms with van der Waals surface area (Å²) in [5.41, 5.74) is 0.491. The van der Waals surface area contributed by atoms with Crippen molar-refractivity contribution in [1.82, 2.24) is 0 Å². The zero-order valence-electron chi connectivity index (χ0n) is 8.27. The summed E-state index contributed by atoms with van der Waals surface area (Å²) >= 11 is 1.45. The maximum atomic E-state index is 11.6. The Morgan fingerprint density at radius 1 is 1.50 bits per heavy atom. The van der Waals surface area contributed by atoms with Gasteiger partial charge in [-0.2, -0.15) is 0 Å². The first-order valence-corrected chi connectivity index (χ1v) is 6.94. The van der Waals surface area contributed by atoms with Crippen LogP contribution in [0.15, 0.2) is 11.4 Å². The lowest BCUT2D eigenvalue weighted by Gasteiger charge is -2.05. The summed E-state index contributed by atoms with van der Waals surface area (Å²) in [5.74, 6) is -0.322. The van der Waals surface area contributed by atoms with Crippen molar-refractivity contribution < 1.29 is 13.2 Å². The Labute approximate surface area is 87.7 Å². The normalized spacial score (nSPS) is 13.9. The van der Waals surface area contributed by atoms with Crippen molar-refractivity contribution in [1.29, 1.82) is 0 Å². The van der Waals surface area contributed by atoms with Crippen molar-refractivity contribution in [3.05, 3.63) is 21.9 Å². The highest BCUT2D eigenvalue weighted by molar-refractivity contribution is 7.92. The summed E-state index contributed by atoms with van der Waals surface area (Å²) in [6.45, 7) is 3.30. The minimum atomic E-state index is -3.29. The Kier molecular flexibility index (Phi) is 3.11. The minimum absolute atomic E-state index is 0.322. The number of thiophene rings is 1. The molecule has 0 aliphatic carbocycles. The van der Waals surface area contributed by atoms with E-state index in [4.69, 9.17) is 0 Å². The molecule has 0 fully saturated rings. The van der Waals surface area contributed by atoms with Crippen molar-refractivity contribution in [2.24, 2.45) is 0 Å². The van der Waals surface area contributed by atoms with Gasteiger partial charge in [-0.1, -0.05) is 0 Å². The fraction of sp³-hybridized carbons (Fsp3) is 0.444. The summed E-state index contributed by atoms with van der Waals surface area (Å²) in [7, 11) is -3.29. The van der Waals surface area contributed by atoms with E-state index in [1.165, 1.54) is 18.3 Å². The van der Waals surface area contributed by atoms with Crippen LogP contribution in [-0.4, -0.2) is 25.7 Å². The fourth-order valence-corrected chi connectivity index (χ4v) is 2.22. The summed E-state index contributed by atoms with van der Waals surface area (Å²) in [6, 6.07) is 1.72. The molecule has 0 saturated heterocycles. The second kappa shape index (κ2) is 3.82. The Morgan fingerprint density at radius 2 is 2.07 bits per heavy atom.